The average molecular weight is 473 g/mol. The zero-order valence-electron chi connectivity index (χ0n) is 15.3. The molecule has 4 aromatic rings. The minimum Gasteiger partial charge on any atom is -0.506 e. The number of alkyl halides is 3. The number of pyridine rings is 1. The van der Waals surface area contributed by atoms with Crippen LogP contribution in [0.4, 0.5) is 13.2 Å². The highest BCUT2D eigenvalue weighted by molar-refractivity contribution is 7.17. The smallest absolute Gasteiger partial charge is 0.417 e. The van der Waals surface area contributed by atoms with Crippen molar-refractivity contribution >= 4 is 40.2 Å². The van der Waals surface area contributed by atoms with E-state index in [1.165, 1.54) is 21.9 Å². The van der Waals surface area contributed by atoms with E-state index in [1.807, 2.05) is 6.92 Å². The van der Waals surface area contributed by atoms with Crippen molar-refractivity contribution in [3.8, 4) is 27.0 Å². The van der Waals surface area contributed by atoms with Gasteiger partial charge in [-0.2, -0.15) is 13.2 Å². The number of hydrogen-bond acceptors (Lipinski definition) is 5. The SMILES string of the molecule is CCCc1cc(O)c(Cl)cc1-c1nnc(-c2cn3cc(C(F)(F)F)cc(Cl)c3n2)s1. The maximum Gasteiger partial charge on any atom is 0.417 e. The molecule has 30 heavy (non-hydrogen) atoms. The zero-order valence-corrected chi connectivity index (χ0v) is 17.7. The summed E-state index contributed by atoms with van der Waals surface area (Å²) in [4.78, 5) is 4.31. The Morgan fingerprint density at radius 2 is 1.80 bits per heavy atom. The number of fused-ring (bicyclic) bond motifs is 1. The van der Waals surface area contributed by atoms with E-state index in [2.05, 4.69) is 15.2 Å². The molecule has 5 nitrogen and oxygen atoms in total. The van der Waals surface area contributed by atoms with E-state index in [0.29, 0.717) is 22.1 Å². The normalized spacial score (nSPS) is 12.1. The topological polar surface area (TPSA) is 63.3 Å². The molecule has 0 amide bonds. The number of benzene rings is 1. The lowest BCUT2D eigenvalue weighted by molar-refractivity contribution is -0.137. The molecule has 1 aromatic carbocycles. The van der Waals surface area contributed by atoms with Crippen LogP contribution in [0, 0.1) is 0 Å². The van der Waals surface area contributed by atoms with Gasteiger partial charge in [0.25, 0.3) is 0 Å². The summed E-state index contributed by atoms with van der Waals surface area (Å²) < 4.78 is 40.3. The van der Waals surface area contributed by atoms with Gasteiger partial charge in [-0.1, -0.05) is 47.9 Å². The zero-order chi connectivity index (χ0) is 21.6. The molecule has 0 unspecified atom stereocenters. The van der Waals surface area contributed by atoms with Crippen molar-refractivity contribution in [2.75, 3.05) is 0 Å². The minimum atomic E-state index is -4.52. The molecule has 0 aliphatic heterocycles. The Labute approximate surface area is 182 Å². The Morgan fingerprint density at radius 1 is 1.07 bits per heavy atom. The third-order valence-corrected chi connectivity index (χ3v) is 5.96. The number of aryl methyl sites for hydroxylation is 1. The lowest BCUT2D eigenvalue weighted by Gasteiger charge is -2.08. The first-order chi connectivity index (χ1) is 14.2. The summed E-state index contributed by atoms with van der Waals surface area (Å²) in [5.41, 5.74) is 1.28. The Kier molecular flexibility index (Phi) is 5.37. The van der Waals surface area contributed by atoms with E-state index in [1.54, 1.807) is 12.1 Å². The van der Waals surface area contributed by atoms with Crippen molar-refractivity contribution in [2.45, 2.75) is 25.9 Å². The van der Waals surface area contributed by atoms with Crippen LogP contribution in [-0.2, 0) is 12.6 Å². The lowest BCUT2D eigenvalue weighted by Crippen LogP contribution is -2.06. The Hall–Kier alpha value is -2.36. The lowest BCUT2D eigenvalue weighted by atomic mass is 10.0. The number of aromatic hydroxyl groups is 1. The molecule has 11 heteroatoms. The molecule has 4 rings (SSSR count). The molecule has 0 radical (unpaired) electrons. The quantitative estimate of drug-likeness (QED) is 0.368. The maximum atomic E-state index is 13.0. The van der Waals surface area contributed by atoms with Crippen molar-refractivity contribution in [2.24, 2.45) is 0 Å². The van der Waals surface area contributed by atoms with Crippen LogP contribution in [0.3, 0.4) is 0 Å². The number of phenolic OH excluding ortho intramolecular Hbond substituents is 1. The molecule has 0 aliphatic carbocycles. The van der Waals surface area contributed by atoms with Gasteiger partial charge in [-0.15, -0.1) is 10.2 Å². The van der Waals surface area contributed by atoms with Crippen LogP contribution in [0.5, 0.6) is 5.75 Å². The second-order valence-electron chi connectivity index (χ2n) is 6.55. The van der Waals surface area contributed by atoms with Gasteiger partial charge in [0.05, 0.1) is 15.6 Å². The third-order valence-electron chi connectivity index (χ3n) is 4.40. The second-order valence-corrected chi connectivity index (χ2v) is 8.35. The highest BCUT2D eigenvalue weighted by Gasteiger charge is 2.32. The van der Waals surface area contributed by atoms with Crippen LogP contribution in [0.15, 0.2) is 30.6 Å². The molecule has 0 atom stereocenters. The van der Waals surface area contributed by atoms with Gasteiger partial charge in [0, 0.05) is 18.0 Å². The molecule has 0 saturated carbocycles. The minimum absolute atomic E-state index is 0.0101. The van der Waals surface area contributed by atoms with Gasteiger partial charge in [0.2, 0.25) is 0 Å². The van der Waals surface area contributed by atoms with Gasteiger partial charge in [-0.3, -0.25) is 0 Å². The van der Waals surface area contributed by atoms with Crippen LogP contribution < -0.4 is 0 Å². The number of phenols is 1. The van der Waals surface area contributed by atoms with E-state index in [-0.39, 0.29) is 21.4 Å². The monoisotopic (exact) mass is 472 g/mol. The molecule has 0 spiro atoms. The van der Waals surface area contributed by atoms with E-state index in [4.69, 9.17) is 23.2 Å². The summed E-state index contributed by atoms with van der Waals surface area (Å²) in [5.74, 6) is -0.0101. The van der Waals surface area contributed by atoms with Gasteiger partial charge in [-0.25, -0.2) is 4.98 Å². The maximum absolute atomic E-state index is 13.0. The fourth-order valence-electron chi connectivity index (χ4n) is 3.03. The fourth-order valence-corrected chi connectivity index (χ4v) is 4.30. The largest absolute Gasteiger partial charge is 0.506 e. The first-order valence-corrected chi connectivity index (χ1v) is 10.4. The molecule has 0 aliphatic rings. The van der Waals surface area contributed by atoms with Gasteiger partial charge in [0.15, 0.2) is 10.7 Å². The number of nitrogens with zero attached hydrogens (tertiary/aromatic N) is 4. The number of imidazole rings is 1. The summed E-state index contributed by atoms with van der Waals surface area (Å²) in [6.45, 7) is 2.01. The molecule has 3 aromatic heterocycles. The number of aromatic nitrogens is 4. The van der Waals surface area contributed by atoms with Crippen molar-refractivity contribution < 1.29 is 18.3 Å². The van der Waals surface area contributed by atoms with Crippen LogP contribution in [0.25, 0.3) is 26.9 Å². The predicted molar refractivity (Wildman–Crippen MR) is 110 cm³/mol. The molecule has 0 bridgehead atoms. The Balaban J connectivity index is 1.77. The number of halogens is 5. The van der Waals surface area contributed by atoms with Crippen LogP contribution >= 0.6 is 34.5 Å². The van der Waals surface area contributed by atoms with E-state index in [0.717, 1.165) is 29.8 Å². The van der Waals surface area contributed by atoms with E-state index in [9.17, 15) is 18.3 Å². The van der Waals surface area contributed by atoms with Gasteiger partial charge >= 0.3 is 6.18 Å². The molecular weight excluding hydrogens is 460 g/mol. The number of hydrogen-bond donors (Lipinski definition) is 1. The van der Waals surface area contributed by atoms with Crippen molar-refractivity contribution in [1.29, 1.82) is 0 Å². The van der Waals surface area contributed by atoms with Crippen LogP contribution in [0.2, 0.25) is 10.0 Å². The van der Waals surface area contributed by atoms with E-state index < -0.39 is 11.7 Å². The summed E-state index contributed by atoms with van der Waals surface area (Å²) >= 11 is 13.3. The average Bonchev–Trinajstić information content (AvgIpc) is 3.31. The molecule has 1 N–H and O–H groups in total. The standard InChI is InChI=1S/C19H13Cl2F3N4OS/c1-2-3-9-4-15(29)12(20)6-11(9)17-26-27-18(30-17)14-8-28-7-10(19(22,23)24)5-13(21)16(28)25-14/h4-8,29H,2-3H2,1H3. The van der Waals surface area contributed by atoms with Gasteiger partial charge in [0.1, 0.15) is 16.5 Å². The third kappa shape index (κ3) is 3.84. The molecule has 0 saturated heterocycles. The van der Waals surface area contributed by atoms with Crippen molar-refractivity contribution in [3.63, 3.8) is 0 Å². The Morgan fingerprint density at radius 3 is 2.50 bits per heavy atom. The van der Waals surface area contributed by atoms with Crippen molar-refractivity contribution in [3.05, 3.63) is 51.8 Å². The summed E-state index contributed by atoms with van der Waals surface area (Å²) in [7, 11) is 0. The first kappa shape index (κ1) is 20.9. The van der Waals surface area contributed by atoms with Gasteiger partial charge < -0.3 is 9.51 Å². The molecule has 3 heterocycles. The molecule has 156 valence electrons. The Bertz CT molecular complexity index is 1250. The first-order valence-electron chi connectivity index (χ1n) is 8.78. The summed E-state index contributed by atoms with van der Waals surface area (Å²) in [6, 6.07) is 4.07. The number of rotatable bonds is 4. The highest BCUT2D eigenvalue weighted by atomic mass is 35.5. The second kappa shape index (κ2) is 7.72. The molecular formula is C19H13Cl2F3N4OS. The highest BCUT2D eigenvalue weighted by Crippen LogP contribution is 2.38. The van der Waals surface area contributed by atoms with Crippen molar-refractivity contribution in [1.82, 2.24) is 19.6 Å². The summed E-state index contributed by atoms with van der Waals surface area (Å²) in [5, 5.41) is 19.3. The fraction of sp³-hybridized carbons (Fsp3) is 0.211. The van der Waals surface area contributed by atoms with E-state index >= 15 is 0 Å². The van der Waals surface area contributed by atoms with Gasteiger partial charge in [-0.05, 0) is 30.2 Å². The summed E-state index contributed by atoms with van der Waals surface area (Å²) in [6.07, 6.45) is -0.604. The van der Waals surface area contributed by atoms with Crippen LogP contribution in [0.1, 0.15) is 24.5 Å². The molecule has 0 fully saturated rings. The van der Waals surface area contributed by atoms with Crippen LogP contribution in [-0.4, -0.2) is 24.7 Å². The predicted octanol–water partition coefficient (Wildman–Crippen LogP) is 6.50.